The zero-order valence-electron chi connectivity index (χ0n) is 10.0. The monoisotopic (exact) mass is 214 g/mol. The van der Waals surface area contributed by atoms with E-state index in [2.05, 4.69) is 11.9 Å². The first-order chi connectivity index (χ1) is 7.07. The van der Waals surface area contributed by atoms with Crippen LogP contribution in [0.1, 0.15) is 19.8 Å². The third kappa shape index (κ3) is 8.00. The molecule has 4 nitrogen and oxygen atoms in total. The van der Waals surface area contributed by atoms with E-state index in [9.17, 15) is 4.79 Å². The molecule has 0 radical (unpaired) electrons. The highest BCUT2D eigenvalue weighted by Gasteiger charge is 2.06. The minimum absolute atomic E-state index is 0.163. The van der Waals surface area contributed by atoms with Crippen molar-refractivity contribution in [2.75, 3.05) is 33.9 Å². The van der Waals surface area contributed by atoms with Crippen molar-refractivity contribution in [2.45, 2.75) is 19.8 Å². The summed E-state index contributed by atoms with van der Waals surface area (Å²) in [7, 11) is 3.43. The fraction of sp³-hybridized carbons (Fsp3) is 0.727. The molecular formula is C11H22N2O2. The van der Waals surface area contributed by atoms with Crippen LogP contribution < -0.4 is 5.32 Å². The van der Waals surface area contributed by atoms with Gasteiger partial charge in [-0.3, -0.25) is 4.79 Å². The summed E-state index contributed by atoms with van der Waals surface area (Å²) in [6, 6.07) is 0. The van der Waals surface area contributed by atoms with E-state index in [1.54, 1.807) is 19.1 Å². The Labute approximate surface area is 92.3 Å². The molecule has 0 fully saturated rings. The highest BCUT2D eigenvalue weighted by atomic mass is 16.5. The topological polar surface area (TPSA) is 41.6 Å². The van der Waals surface area contributed by atoms with Crippen LogP contribution >= 0.6 is 0 Å². The molecule has 0 spiro atoms. The number of carbonyl (C=O) groups excluding carboxylic acids is 1. The fourth-order valence-electron chi connectivity index (χ4n) is 1.09. The van der Waals surface area contributed by atoms with Crippen molar-refractivity contribution in [1.82, 2.24) is 10.2 Å². The van der Waals surface area contributed by atoms with Gasteiger partial charge in [-0.25, -0.2) is 0 Å². The van der Waals surface area contributed by atoms with Crippen LogP contribution in [0.5, 0.6) is 0 Å². The number of allylic oxidation sites excluding steroid dienone is 1. The van der Waals surface area contributed by atoms with Crippen LogP contribution in [0.4, 0.5) is 0 Å². The average Bonchev–Trinajstić information content (AvgIpc) is 2.20. The van der Waals surface area contributed by atoms with Crippen molar-refractivity contribution in [3.63, 3.8) is 0 Å². The van der Waals surface area contributed by atoms with Crippen LogP contribution in [0, 0.1) is 0 Å². The van der Waals surface area contributed by atoms with E-state index in [-0.39, 0.29) is 5.91 Å². The first-order valence-electron chi connectivity index (χ1n) is 5.20. The van der Waals surface area contributed by atoms with Crippen LogP contribution in [0.3, 0.4) is 0 Å². The largest absolute Gasteiger partial charge is 0.389 e. The SMILES string of the molecule is C=C(C)NCCCC(=O)N(C)CCOC. The smallest absolute Gasteiger partial charge is 0.222 e. The lowest BCUT2D eigenvalue weighted by Gasteiger charge is -2.16. The molecule has 0 rings (SSSR count). The van der Waals surface area contributed by atoms with Gasteiger partial charge in [0.1, 0.15) is 0 Å². The molecule has 1 amide bonds. The second kappa shape index (κ2) is 8.29. The number of nitrogens with one attached hydrogen (secondary N) is 1. The molecule has 0 aromatic heterocycles. The molecule has 0 unspecified atom stereocenters. The molecule has 0 aromatic carbocycles. The predicted octanol–water partition coefficient (Wildman–Crippen LogP) is 0.995. The Morgan fingerprint density at radius 2 is 2.20 bits per heavy atom. The van der Waals surface area contributed by atoms with Gasteiger partial charge in [0.05, 0.1) is 6.61 Å². The van der Waals surface area contributed by atoms with E-state index in [1.165, 1.54) is 0 Å². The number of carbonyl (C=O) groups is 1. The molecular weight excluding hydrogens is 192 g/mol. The number of hydrogen-bond donors (Lipinski definition) is 1. The van der Waals surface area contributed by atoms with Gasteiger partial charge >= 0.3 is 0 Å². The minimum Gasteiger partial charge on any atom is -0.389 e. The molecule has 0 atom stereocenters. The number of hydrogen-bond acceptors (Lipinski definition) is 3. The van der Waals surface area contributed by atoms with Gasteiger partial charge in [-0.05, 0) is 13.3 Å². The van der Waals surface area contributed by atoms with Gasteiger partial charge in [-0.15, -0.1) is 0 Å². The zero-order chi connectivity index (χ0) is 11.7. The van der Waals surface area contributed by atoms with Crippen molar-refractivity contribution < 1.29 is 9.53 Å². The summed E-state index contributed by atoms with van der Waals surface area (Å²) >= 11 is 0. The molecule has 0 aromatic rings. The number of ether oxygens (including phenoxy) is 1. The van der Waals surface area contributed by atoms with E-state index >= 15 is 0 Å². The Hall–Kier alpha value is -1.03. The van der Waals surface area contributed by atoms with Crippen LogP contribution in [-0.2, 0) is 9.53 Å². The molecule has 0 saturated heterocycles. The standard InChI is InChI=1S/C11H22N2O2/c1-10(2)12-7-5-6-11(14)13(3)8-9-15-4/h12H,1,5-9H2,2-4H3. The van der Waals surface area contributed by atoms with Gasteiger partial charge in [-0.2, -0.15) is 0 Å². The minimum atomic E-state index is 0.163. The maximum Gasteiger partial charge on any atom is 0.222 e. The summed E-state index contributed by atoms with van der Waals surface area (Å²) in [4.78, 5) is 13.2. The quantitative estimate of drug-likeness (QED) is 0.613. The molecule has 88 valence electrons. The van der Waals surface area contributed by atoms with Crippen LogP contribution in [0.25, 0.3) is 0 Å². The van der Waals surface area contributed by atoms with E-state index in [4.69, 9.17) is 4.74 Å². The highest BCUT2D eigenvalue weighted by molar-refractivity contribution is 5.75. The normalized spacial score (nSPS) is 9.80. The van der Waals surface area contributed by atoms with E-state index < -0.39 is 0 Å². The number of amides is 1. The Kier molecular flexibility index (Phi) is 7.72. The summed E-state index contributed by atoms with van der Waals surface area (Å²) in [6.45, 7) is 7.68. The highest BCUT2D eigenvalue weighted by Crippen LogP contribution is 1.95. The molecule has 0 aliphatic rings. The van der Waals surface area contributed by atoms with Gasteiger partial charge in [0.15, 0.2) is 0 Å². The first-order valence-corrected chi connectivity index (χ1v) is 5.20. The Morgan fingerprint density at radius 1 is 1.53 bits per heavy atom. The van der Waals surface area contributed by atoms with Crippen molar-refractivity contribution in [1.29, 1.82) is 0 Å². The number of nitrogens with zero attached hydrogens (tertiary/aromatic N) is 1. The van der Waals surface area contributed by atoms with Crippen LogP contribution in [0.2, 0.25) is 0 Å². The summed E-state index contributed by atoms with van der Waals surface area (Å²) in [5.41, 5.74) is 0.940. The van der Waals surface area contributed by atoms with Crippen molar-refractivity contribution >= 4 is 5.91 Å². The first kappa shape index (κ1) is 14.0. The molecule has 4 heteroatoms. The maximum atomic E-state index is 11.5. The molecule has 0 aliphatic carbocycles. The lowest BCUT2D eigenvalue weighted by molar-refractivity contribution is -0.130. The lowest BCUT2D eigenvalue weighted by atomic mass is 10.2. The Balaban J connectivity index is 3.51. The fourth-order valence-corrected chi connectivity index (χ4v) is 1.09. The number of methoxy groups -OCH3 is 1. The lowest BCUT2D eigenvalue weighted by Crippen LogP contribution is -2.30. The van der Waals surface area contributed by atoms with Gasteiger partial charge in [0, 0.05) is 39.4 Å². The van der Waals surface area contributed by atoms with Crippen LogP contribution in [0.15, 0.2) is 12.3 Å². The van der Waals surface area contributed by atoms with E-state index in [0.717, 1.165) is 18.7 Å². The zero-order valence-corrected chi connectivity index (χ0v) is 10.0. The third-order valence-corrected chi connectivity index (χ3v) is 2.05. The number of rotatable bonds is 8. The van der Waals surface area contributed by atoms with E-state index in [1.807, 2.05) is 6.92 Å². The van der Waals surface area contributed by atoms with Crippen molar-refractivity contribution in [3.05, 3.63) is 12.3 Å². The third-order valence-electron chi connectivity index (χ3n) is 2.05. The predicted molar refractivity (Wildman–Crippen MR) is 61.6 cm³/mol. The molecule has 15 heavy (non-hydrogen) atoms. The molecule has 0 heterocycles. The summed E-state index contributed by atoms with van der Waals surface area (Å²) in [5.74, 6) is 0.163. The summed E-state index contributed by atoms with van der Waals surface area (Å²) < 4.78 is 4.90. The molecule has 0 bridgehead atoms. The van der Waals surface area contributed by atoms with E-state index in [0.29, 0.717) is 19.6 Å². The van der Waals surface area contributed by atoms with Crippen molar-refractivity contribution in [2.24, 2.45) is 0 Å². The van der Waals surface area contributed by atoms with Gasteiger partial charge in [-0.1, -0.05) is 6.58 Å². The summed E-state index contributed by atoms with van der Waals surface area (Å²) in [5, 5.41) is 3.09. The second-order valence-electron chi connectivity index (χ2n) is 3.62. The molecule has 0 aliphatic heterocycles. The maximum absolute atomic E-state index is 11.5. The Bertz CT molecular complexity index is 205. The second-order valence-corrected chi connectivity index (χ2v) is 3.62. The molecule has 0 saturated carbocycles. The van der Waals surface area contributed by atoms with Gasteiger partial charge in [0.25, 0.3) is 0 Å². The number of likely N-dealkylation sites (N-methyl/N-ethyl adjacent to an activating group) is 1. The van der Waals surface area contributed by atoms with Gasteiger partial charge < -0.3 is 15.0 Å². The average molecular weight is 214 g/mol. The van der Waals surface area contributed by atoms with Crippen LogP contribution in [-0.4, -0.2) is 44.7 Å². The van der Waals surface area contributed by atoms with Gasteiger partial charge in [0.2, 0.25) is 5.91 Å². The summed E-state index contributed by atoms with van der Waals surface area (Å²) in [6.07, 6.45) is 1.41. The Morgan fingerprint density at radius 3 is 2.73 bits per heavy atom. The van der Waals surface area contributed by atoms with Crippen molar-refractivity contribution in [3.8, 4) is 0 Å². The molecule has 1 N–H and O–H groups in total.